The first-order chi connectivity index (χ1) is 11.1. The molecule has 1 heterocycles. The van der Waals surface area contributed by atoms with Gasteiger partial charge in [-0.1, -0.05) is 43.2 Å². The molecule has 2 fully saturated rings. The molecule has 1 amide bonds. The van der Waals surface area contributed by atoms with E-state index >= 15 is 0 Å². The summed E-state index contributed by atoms with van der Waals surface area (Å²) in [5, 5.41) is 11.4. The molecule has 0 N–H and O–H groups in total. The molecular formula is C19H24NO3-. The minimum absolute atomic E-state index is 0.0236. The molecule has 1 aliphatic carbocycles. The number of hydrogen-bond donors (Lipinski definition) is 0. The molecule has 0 spiro atoms. The largest absolute Gasteiger partial charge is 0.550 e. The van der Waals surface area contributed by atoms with Gasteiger partial charge in [0.2, 0.25) is 5.91 Å². The van der Waals surface area contributed by atoms with Crippen LogP contribution in [0.5, 0.6) is 0 Å². The van der Waals surface area contributed by atoms with Crippen molar-refractivity contribution in [3.63, 3.8) is 0 Å². The summed E-state index contributed by atoms with van der Waals surface area (Å²) in [6.07, 6.45) is 5.36. The summed E-state index contributed by atoms with van der Waals surface area (Å²) in [4.78, 5) is 25.8. The highest BCUT2D eigenvalue weighted by Crippen LogP contribution is 2.36. The van der Waals surface area contributed by atoms with Gasteiger partial charge in [-0.25, -0.2) is 0 Å². The second-order valence-corrected chi connectivity index (χ2v) is 7.01. The van der Waals surface area contributed by atoms with Gasteiger partial charge < -0.3 is 14.8 Å². The average molecular weight is 314 g/mol. The minimum Gasteiger partial charge on any atom is -0.550 e. The predicted octanol–water partition coefficient (Wildman–Crippen LogP) is 1.63. The van der Waals surface area contributed by atoms with Crippen molar-refractivity contribution in [1.29, 1.82) is 0 Å². The Kier molecular flexibility index (Phi) is 4.99. The van der Waals surface area contributed by atoms with E-state index in [0.29, 0.717) is 18.3 Å². The molecule has 0 bridgehead atoms. The van der Waals surface area contributed by atoms with Gasteiger partial charge in [-0.15, -0.1) is 0 Å². The van der Waals surface area contributed by atoms with Gasteiger partial charge in [0.15, 0.2) is 0 Å². The molecule has 2 aliphatic rings. The number of carbonyl (C=O) groups excluding carboxylic acids is 2. The Balaban J connectivity index is 1.59. The first-order valence-corrected chi connectivity index (χ1v) is 8.66. The monoisotopic (exact) mass is 314 g/mol. The molecule has 3 rings (SSSR count). The summed E-state index contributed by atoms with van der Waals surface area (Å²) >= 11 is 0. The summed E-state index contributed by atoms with van der Waals surface area (Å²) in [5.74, 6) is -0.637. The van der Waals surface area contributed by atoms with Crippen LogP contribution in [-0.2, 0) is 16.0 Å². The standard InChI is InChI=1S/C19H25NO3/c21-18(20-12-15-8-4-5-9-16(15)13-20)11-17(19(22)23)10-14-6-2-1-3-7-14/h1-3,6-7,15-17H,4-5,8-13H2,(H,22,23)/p-1/t15-,16+,17-/m0/s1. The maximum absolute atomic E-state index is 12.5. The van der Waals surface area contributed by atoms with Gasteiger partial charge in [0.05, 0.1) is 0 Å². The normalized spacial score (nSPS) is 25.0. The van der Waals surface area contributed by atoms with Gasteiger partial charge >= 0.3 is 0 Å². The zero-order chi connectivity index (χ0) is 16.2. The van der Waals surface area contributed by atoms with Crippen molar-refractivity contribution in [2.24, 2.45) is 17.8 Å². The number of carboxylic acids is 1. The fourth-order valence-electron chi connectivity index (χ4n) is 4.09. The second kappa shape index (κ2) is 7.16. The molecular weight excluding hydrogens is 290 g/mol. The first-order valence-electron chi connectivity index (χ1n) is 8.66. The molecule has 23 heavy (non-hydrogen) atoms. The first kappa shape index (κ1) is 16.0. The number of rotatable bonds is 5. The molecule has 0 aromatic heterocycles. The fourth-order valence-corrected chi connectivity index (χ4v) is 4.09. The molecule has 4 heteroatoms. The van der Waals surface area contributed by atoms with Crippen LogP contribution in [0.2, 0.25) is 0 Å². The molecule has 0 radical (unpaired) electrons. The minimum atomic E-state index is -1.13. The quantitative estimate of drug-likeness (QED) is 0.830. The SMILES string of the molecule is O=C([O-])[C@H](CC(=O)N1C[C@H]2CCCC[C@H]2C1)Cc1ccccc1. The lowest BCUT2D eigenvalue weighted by Crippen LogP contribution is -2.38. The van der Waals surface area contributed by atoms with Crippen LogP contribution in [-0.4, -0.2) is 29.9 Å². The number of carboxylic acid groups (broad SMARTS) is 1. The van der Waals surface area contributed by atoms with Crippen molar-refractivity contribution in [2.45, 2.75) is 38.5 Å². The van der Waals surface area contributed by atoms with Crippen molar-refractivity contribution in [3.8, 4) is 0 Å². The van der Waals surface area contributed by atoms with Crippen LogP contribution in [0.4, 0.5) is 0 Å². The number of nitrogens with zero attached hydrogens (tertiary/aromatic N) is 1. The summed E-state index contributed by atoms with van der Waals surface area (Å²) in [6.45, 7) is 1.63. The van der Waals surface area contributed by atoms with E-state index in [1.807, 2.05) is 35.2 Å². The van der Waals surface area contributed by atoms with E-state index in [4.69, 9.17) is 0 Å². The van der Waals surface area contributed by atoms with E-state index in [1.54, 1.807) is 0 Å². The highest BCUT2D eigenvalue weighted by Gasteiger charge is 2.36. The number of aliphatic carboxylic acids is 1. The molecule has 1 aromatic carbocycles. The third kappa shape index (κ3) is 3.92. The van der Waals surface area contributed by atoms with E-state index in [1.165, 1.54) is 25.7 Å². The third-order valence-electron chi connectivity index (χ3n) is 5.41. The van der Waals surface area contributed by atoms with E-state index in [0.717, 1.165) is 18.7 Å². The van der Waals surface area contributed by atoms with Gasteiger partial charge in [0, 0.05) is 31.4 Å². The van der Waals surface area contributed by atoms with Crippen molar-refractivity contribution >= 4 is 11.9 Å². The average Bonchev–Trinajstić information content (AvgIpc) is 2.99. The Bertz CT molecular complexity index is 543. The van der Waals surface area contributed by atoms with Crippen LogP contribution in [0.1, 0.15) is 37.7 Å². The van der Waals surface area contributed by atoms with Crippen molar-refractivity contribution in [2.75, 3.05) is 13.1 Å². The molecule has 1 aliphatic heterocycles. The molecule has 1 aromatic rings. The Morgan fingerprint density at radius 3 is 2.26 bits per heavy atom. The van der Waals surface area contributed by atoms with Gasteiger partial charge in [-0.05, 0) is 36.7 Å². The van der Waals surface area contributed by atoms with Crippen LogP contribution < -0.4 is 5.11 Å². The van der Waals surface area contributed by atoms with Crippen LogP contribution >= 0.6 is 0 Å². The summed E-state index contributed by atoms with van der Waals surface area (Å²) in [5.41, 5.74) is 0.935. The second-order valence-electron chi connectivity index (χ2n) is 7.01. The van der Waals surface area contributed by atoms with Gasteiger partial charge in [-0.3, -0.25) is 4.79 Å². The van der Waals surface area contributed by atoms with Gasteiger partial charge in [0.25, 0.3) is 0 Å². The lowest BCUT2D eigenvalue weighted by Gasteiger charge is -2.22. The topological polar surface area (TPSA) is 60.4 Å². The van der Waals surface area contributed by atoms with Gasteiger partial charge in [0.1, 0.15) is 0 Å². The Hall–Kier alpha value is -1.84. The Morgan fingerprint density at radius 1 is 1.09 bits per heavy atom. The summed E-state index contributed by atoms with van der Waals surface area (Å²) < 4.78 is 0. The number of fused-ring (bicyclic) bond motifs is 1. The number of amides is 1. The van der Waals surface area contributed by atoms with Crippen molar-refractivity contribution in [3.05, 3.63) is 35.9 Å². The summed E-state index contributed by atoms with van der Waals surface area (Å²) in [7, 11) is 0. The molecule has 1 saturated carbocycles. The molecule has 1 saturated heterocycles. The highest BCUT2D eigenvalue weighted by molar-refractivity contribution is 5.82. The number of benzene rings is 1. The number of carbonyl (C=O) groups is 2. The lowest BCUT2D eigenvalue weighted by atomic mass is 9.82. The zero-order valence-electron chi connectivity index (χ0n) is 13.4. The Morgan fingerprint density at radius 2 is 1.70 bits per heavy atom. The number of likely N-dealkylation sites (tertiary alicyclic amines) is 1. The molecule has 0 unspecified atom stereocenters. The van der Waals surface area contributed by atoms with E-state index in [2.05, 4.69) is 0 Å². The summed E-state index contributed by atoms with van der Waals surface area (Å²) in [6, 6.07) is 9.45. The van der Waals surface area contributed by atoms with Gasteiger partial charge in [-0.2, -0.15) is 0 Å². The smallest absolute Gasteiger partial charge is 0.223 e. The zero-order valence-corrected chi connectivity index (χ0v) is 13.4. The lowest BCUT2D eigenvalue weighted by molar-refractivity contribution is -0.311. The van der Waals surface area contributed by atoms with Crippen LogP contribution in [0.3, 0.4) is 0 Å². The van der Waals surface area contributed by atoms with Crippen LogP contribution in [0, 0.1) is 17.8 Å². The van der Waals surface area contributed by atoms with E-state index < -0.39 is 11.9 Å². The van der Waals surface area contributed by atoms with Crippen LogP contribution in [0.15, 0.2) is 30.3 Å². The number of hydrogen-bond acceptors (Lipinski definition) is 3. The fraction of sp³-hybridized carbons (Fsp3) is 0.579. The molecule has 3 atom stereocenters. The maximum Gasteiger partial charge on any atom is 0.223 e. The third-order valence-corrected chi connectivity index (χ3v) is 5.41. The van der Waals surface area contributed by atoms with E-state index in [-0.39, 0.29) is 12.3 Å². The predicted molar refractivity (Wildman–Crippen MR) is 85.3 cm³/mol. The molecule has 4 nitrogen and oxygen atoms in total. The van der Waals surface area contributed by atoms with Crippen molar-refractivity contribution in [1.82, 2.24) is 4.90 Å². The maximum atomic E-state index is 12.5. The van der Waals surface area contributed by atoms with Crippen molar-refractivity contribution < 1.29 is 14.7 Å². The van der Waals surface area contributed by atoms with Crippen LogP contribution in [0.25, 0.3) is 0 Å². The Labute approximate surface area is 137 Å². The highest BCUT2D eigenvalue weighted by atomic mass is 16.4. The molecule has 124 valence electrons. The van der Waals surface area contributed by atoms with E-state index in [9.17, 15) is 14.7 Å².